The van der Waals surface area contributed by atoms with Crippen LogP contribution in [0.1, 0.15) is 12.0 Å². The van der Waals surface area contributed by atoms with Crippen molar-refractivity contribution in [2.75, 3.05) is 10.6 Å². The molecule has 0 bridgehead atoms. The normalized spacial score (nSPS) is 10.4. The van der Waals surface area contributed by atoms with Gasteiger partial charge in [-0.2, -0.15) is 0 Å². The Morgan fingerprint density at radius 2 is 1.55 bits per heavy atom. The Morgan fingerprint density at radius 1 is 0.950 bits per heavy atom. The number of carbonyl (C=O) groups excluding carboxylic acids is 1. The lowest BCUT2D eigenvalue weighted by atomic mass is 10.2. The first-order valence-electron chi connectivity index (χ1n) is 5.76. The molecule has 2 aromatic carbocycles. The fourth-order valence-corrected chi connectivity index (χ4v) is 1.61. The lowest BCUT2D eigenvalue weighted by Crippen LogP contribution is -2.19. The number of rotatable bonds is 3. The van der Waals surface area contributed by atoms with E-state index in [1.165, 1.54) is 42.5 Å². The molecule has 0 aliphatic rings. The molecule has 0 aliphatic heterocycles. The number of carbonyl (C=O) groups is 1. The second kappa shape index (κ2) is 6.10. The maximum Gasteiger partial charge on any atom is 0.323 e. The summed E-state index contributed by atoms with van der Waals surface area (Å²) in [6.07, 6.45) is -2.61. The van der Waals surface area contributed by atoms with Crippen LogP contribution < -0.4 is 10.6 Å². The Kier molecular flexibility index (Phi) is 4.24. The molecule has 2 N–H and O–H groups in total. The maximum atomic E-state index is 12.9. The summed E-state index contributed by atoms with van der Waals surface area (Å²) in [6.45, 7) is 0. The quantitative estimate of drug-likeness (QED) is 0.859. The summed E-state index contributed by atoms with van der Waals surface area (Å²) >= 11 is 0. The molecule has 2 amide bonds. The second-order valence-corrected chi connectivity index (χ2v) is 4.02. The van der Waals surface area contributed by atoms with Gasteiger partial charge in [-0.25, -0.2) is 18.0 Å². The SMILES string of the molecule is O=C(Nc1cccc(F)c1)Nc1cccc(C(F)F)c1. The van der Waals surface area contributed by atoms with E-state index in [9.17, 15) is 18.0 Å². The first-order chi connectivity index (χ1) is 9.54. The fraction of sp³-hybridized carbons (Fsp3) is 0.0714. The Bertz CT molecular complexity index is 617. The molecule has 2 rings (SSSR count). The van der Waals surface area contributed by atoms with Crippen molar-refractivity contribution in [2.24, 2.45) is 0 Å². The minimum Gasteiger partial charge on any atom is -0.308 e. The van der Waals surface area contributed by atoms with Gasteiger partial charge in [0.25, 0.3) is 6.43 Å². The Hall–Kier alpha value is -2.50. The molecule has 0 aliphatic carbocycles. The summed E-state index contributed by atoms with van der Waals surface area (Å²) in [4.78, 5) is 11.6. The monoisotopic (exact) mass is 280 g/mol. The van der Waals surface area contributed by atoms with Gasteiger partial charge in [0.1, 0.15) is 5.82 Å². The van der Waals surface area contributed by atoms with Crippen LogP contribution in [-0.4, -0.2) is 6.03 Å². The predicted octanol–water partition coefficient (Wildman–Crippen LogP) is 4.41. The predicted molar refractivity (Wildman–Crippen MR) is 70.4 cm³/mol. The van der Waals surface area contributed by atoms with Crippen LogP contribution >= 0.6 is 0 Å². The van der Waals surface area contributed by atoms with Gasteiger partial charge in [0.15, 0.2) is 0 Å². The molecule has 0 aromatic heterocycles. The average molecular weight is 280 g/mol. The van der Waals surface area contributed by atoms with Gasteiger partial charge in [0.2, 0.25) is 0 Å². The van der Waals surface area contributed by atoms with Crippen LogP contribution in [0.5, 0.6) is 0 Å². The number of urea groups is 1. The van der Waals surface area contributed by atoms with Crippen molar-refractivity contribution in [2.45, 2.75) is 6.43 Å². The third-order valence-electron chi connectivity index (χ3n) is 2.48. The number of hydrogen-bond acceptors (Lipinski definition) is 1. The summed E-state index contributed by atoms with van der Waals surface area (Å²) in [6, 6.07) is 10.1. The Morgan fingerprint density at radius 3 is 2.15 bits per heavy atom. The van der Waals surface area contributed by atoms with E-state index in [0.29, 0.717) is 0 Å². The van der Waals surface area contributed by atoms with Gasteiger partial charge in [-0.15, -0.1) is 0 Å². The van der Waals surface area contributed by atoms with Gasteiger partial charge < -0.3 is 10.6 Å². The number of anilines is 2. The highest BCUT2D eigenvalue weighted by molar-refractivity contribution is 5.99. The number of halogens is 3. The van der Waals surface area contributed by atoms with E-state index in [2.05, 4.69) is 10.6 Å². The van der Waals surface area contributed by atoms with Gasteiger partial charge in [-0.05, 0) is 30.3 Å². The molecule has 0 unspecified atom stereocenters. The fourth-order valence-electron chi connectivity index (χ4n) is 1.61. The molecule has 0 heterocycles. The highest BCUT2D eigenvalue weighted by Crippen LogP contribution is 2.21. The van der Waals surface area contributed by atoms with Crippen molar-refractivity contribution < 1.29 is 18.0 Å². The highest BCUT2D eigenvalue weighted by atomic mass is 19.3. The van der Waals surface area contributed by atoms with Crippen molar-refractivity contribution in [3.63, 3.8) is 0 Å². The minimum atomic E-state index is -2.61. The first-order valence-corrected chi connectivity index (χ1v) is 5.76. The highest BCUT2D eigenvalue weighted by Gasteiger charge is 2.08. The summed E-state index contributed by atoms with van der Waals surface area (Å²) < 4.78 is 37.9. The third kappa shape index (κ3) is 3.74. The molecule has 3 nitrogen and oxygen atoms in total. The zero-order valence-electron chi connectivity index (χ0n) is 10.2. The zero-order chi connectivity index (χ0) is 14.5. The van der Waals surface area contributed by atoms with Crippen LogP contribution in [0.3, 0.4) is 0 Å². The van der Waals surface area contributed by atoms with Crippen molar-refractivity contribution in [3.05, 3.63) is 59.9 Å². The Balaban J connectivity index is 2.03. The van der Waals surface area contributed by atoms with E-state index in [-0.39, 0.29) is 16.9 Å². The van der Waals surface area contributed by atoms with Gasteiger partial charge in [-0.1, -0.05) is 18.2 Å². The van der Waals surface area contributed by atoms with Crippen molar-refractivity contribution in [1.29, 1.82) is 0 Å². The van der Waals surface area contributed by atoms with E-state index in [4.69, 9.17) is 0 Å². The number of benzene rings is 2. The van der Waals surface area contributed by atoms with Crippen LogP contribution in [0.15, 0.2) is 48.5 Å². The molecular formula is C14H11F3N2O. The largest absolute Gasteiger partial charge is 0.323 e. The van der Waals surface area contributed by atoms with Crippen LogP contribution in [0.4, 0.5) is 29.3 Å². The number of hydrogen-bond donors (Lipinski definition) is 2. The van der Waals surface area contributed by atoms with Gasteiger partial charge >= 0.3 is 6.03 Å². The number of alkyl halides is 2. The van der Waals surface area contributed by atoms with Crippen LogP contribution in [-0.2, 0) is 0 Å². The molecule has 0 fully saturated rings. The van der Waals surface area contributed by atoms with Gasteiger partial charge in [-0.3, -0.25) is 0 Å². The Labute approximate surface area is 113 Å². The summed E-state index contributed by atoms with van der Waals surface area (Å²) in [7, 11) is 0. The molecule has 0 atom stereocenters. The smallest absolute Gasteiger partial charge is 0.308 e. The van der Waals surface area contributed by atoms with Crippen LogP contribution in [0, 0.1) is 5.82 Å². The molecule has 0 spiro atoms. The maximum absolute atomic E-state index is 12.9. The number of amides is 2. The van der Waals surface area contributed by atoms with E-state index in [1.54, 1.807) is 0 Å². The van der Waals surface area contributed by atoms with Gasteiger partial charge in [0, 0.05) is 16.9 Å². The lowest BCUT2D eigenvalue weighted by molar-refractivity contribution is 0.151. The number of nitrogens with one attached hydrogen (secondary N) is 2. The van der Waals surface area contributed by atoms with E-state index in [1.807, 2.05) is 0 Å². The molecule has 0 saturated heterocycles. The average Bonchev–Trinajstić information content (AvgIpc) is 2.38. The molecule has 2 aromatic rings. The second-order valence-electron chi connectivity index (χ2n) is 4.02. The molecule has 0 radical (unpaired) electrons. The van der Waals surface area contributed by atoms with E-state index >= 15 is 0 Å². The van der Waals surface area contributed by atoms with Crippen molar-refractivity contribution in [3.8, 4) is 0 Å². The van der Waals surface area contributed by atoms with E-state index in [0.717, 1.165) is 6.07 Å². The topological polar surface area (TPSA) is 41.1 Å². The summed E-state index contributed by atoms with van der Waals surface area (Å²) in [5, 5.41) is 4.80. The molecule has 104 valence electrons. The standard InChI is InChI=1S/C14H11F3N2O/c15-10-4-2-6-12(8-10)19-14(20)18-11-5-1-3-9(7-11)13(16)17/h1-8,13H,(H2,18,19,20). The molecule has 6 heteroatoms. The minimum absolute atomic E-state index is 0.187. The van der Waals surface area contributed by atoms with Crippen LogP contribution in [0.2, 0.25) is 0 Å². The summed E-state index contributed by atoms with van der Waals surface area (Å²) in [5.74, 6) is -0.484. The first kappa shape index (κ1) is 13.9. The molecule has 20 heavy (non-hydrogen) atoms. The van der Waals surface area contributed by atoms with Crippen LogP contribution in [0.25, 0.3) is 0 Å². The van der Waals surface area contributed by atoms with Gasteiger partial charge in [0.05, 0.1) is 0 Å². The van der Waals surface area contributed by atoms with Crippen molar-refractivity contribution >= 4 is 17.4 Å². The lowest BCUT2D eigenvalue weighted by Gasteiger charge is -2.09. The summed E-state index contributed by atoms with van der Waals surface area (Å²) in [5.41, 5.74) is 0.317. The van der Waals surface area contributed by atoms with Crippen molar-refractivity contribution in [1.82, 2.24) is 0 Å². The van der Waals surface area contributed by atoms with E-state index < -0.39 is 18.3 Å². The zero-order valence-corrected chi connectivity index (χ0v) is 10.2. The third-order valence-corrected chi connectivity index (χ3v) is 2.48. The molecule has 0 saturated carbocycles. The molecular weight excluding hydrogens is 269 g/mol.